The summed E-state index contributed by atoms with van der Waals surface area (Å²) in [6, 6.07) is 4.36. The minimum Gasteiger partial charge on any atom is -0.483 e. The molecule has 1 N–H and O–H groups in total. The van der Waals surface area contributed by atoms with Crippen LogP contribution in [0.3, 0.4) is 0 Å². The fraction of sp³-hybridized carbons (Fsp3) is 0.529. The first-order valence-electron chi connectivity index (χ1n) is 7.52. The predicted molar refractivity (Wildman–Crippen MR) is 81.5 cm³/mol. The third-order valence-corrected chi connectivity index (χ3v) is 3.85. The van der Waals surface area contributed by atoms with E-state index in [9.17, 15) is 0 Å². The zero-order valence-corrected chi connectivity index (χ0v) is 12.6. The first-order chi connectivity index (χ1) is 9.61. The number of rotatable bonds is 5. The second-order valence-corrected chi connectivity index (χ2v) is 6.23. The molecular weight excluding hydrogens is 250 g/mol. The third kappa shape index (κ3) is 2.42. The van der Waals surface area contributed by atoms with Crippen LogP contribution < -0.4 is 10.1 Å². The Morgan fingerprint density at radius 3 is 2.90 bits per heavy atom. The second-order valence-electron chi connectivity index (χ2n) is 6.23. The van der Waals surface area contributed by atoms with Gasteiger partial charge in [-0.05, 0) is 45.3 Å². The van der Waals surface area contributed by atoms with Gasteiger partial charge in [-0.1, -0.05) is 19.1 Å². The van der Waals surface area contributed by atoms with E-state index in [0.29, 0.717) is 0 Å². The van der Waals surface area contributed by atoms with Gasteiger partial charge in [-0.3, -0.25) is 0 Å². The molecule has 0 amide bonds. The van der Waals surface area contributed by atoms with E-state index in [-0.39, 0.29) is 5.60 Å². The van der Waals surface area contributed by atoms with Crippen LogP contribution in [-0.4, -0.2) is 18.7 Å². The lowest BCUT2D eigenvalue weighted by Gasteiger charge is -2.16. The summed E-state index contributed by atoms with van der Waals surface area (Å²) in [6.45, 7) is 8.49. The molecular formula is C17H23NO2. The molecule has 0 bridgehead atoms. The lowest BCUT2D eigenvalue weighted by Crippen LogP contribution is -2.24. The predicted octanol–water partition coefficient (Wildman–Crippen LogP) is 3.69. The maximum Gasteiger partial charge on any atom is 0.176 e. The SMILES string of the molecule is CCCNCCc1coc2c3c(ccc12)CC(C)(C)O3. The molecule has 2 heterocycles. The Hall–Kier alpha value is -1.48. The molecule has 0 unspecified atom stereocenters. The molecule has 3 nitrogen and oxygen atoms in total. The van der Waals surface area contributed by atoms with Gasteiger partial charge in [0.05, 0.1) is 6.26 Å². The summed E-state index contributed by atoms with van der Waals surface area (Å²) < 4.78 is 11.8. The summed E-state index contributed by atoms with van der Waals surface area (Å²) in [6.07, 6.45) is 5.00. The van der Waals surface area contributed by atoms with Gasteiger partial charge in [-0.15, -0.1) is 0 Å². The number of furan rings is 1. The number of nitrogens with one attached hydrogen (secondary N) is 1. The topological polar surface area (TPSA) is 34.4 Å². The fourth-order valence-electron chi connectivity index (χ4n) is 2.91. The van der Waals surface area contributed by atoms with E-state index in [4.69, 9.17) is 9.15 Å². The average molecular weight is 273 g/mol. The zero-order valence-electron chi connectivity index (χ0n) is 12.6. The van der Waals surface area contributed by atoms with Gasteiger partial charge in [0.15, 0.2) is 11.3 Å². The summed E-state index contributed by atoms with van der Waals surface area (Å²) >= 11 is 0. The van der Waals surface area contributed by atoms with Gasteiger partial charge >= 0.3 is 0 Å². The number of hydrogen-bond donors (Lipinski definition) is 1. The maximum absolute atomic E-state index is 6.05. The van der Waals surface area contributed by atoms with Crippen molar-refractivity contribution in [2.75, 3.05) is 13.1 Å². The summed E-state index contributed by atoms with van der Waals surface area (Å²) in [5.41, 5.74) is 3.32. The van der Waals surface area contributed by atoms with E-state index in [1.807, 2.05) is 6.26 Å². The molecule has 0 spiro atoms. The van der Waals surface area contributed by atoms with Gasteiger partial charge in [0.25, 0.3) is 0 Å². The molecule has 0 fully saturated rings. The molecule has 1 aromatic carbocycles. The molecule has 0 radical (unpaired) electrons. The van der Waals surface area contributed by atoms with Crippen LogP contribution in [-0.2, 0) is 12.8 Å². The van der Waals surface area contributed by atoms with Gasteiger partial charge < -0.3 is 14.5 Å². The highest BCUT2D eigenvalue weighted by molar-refractivity contribution is 5.88. The van der Waals surface area contributed by atoms with Crippen LogP contribution in [0.2, 0.25) is 0 Å². The molecule has 0 atom stereocenters. The van der Waals surface area contributed by atoms with Crippen molar-refractivity contribution in [1.82, 2.24) is 5.32 Å². The van der Waals surface area contributed by atoms with Crippen LogP contribution in [0.25, 0.3) is 11.0 Å². The highest BCUT2D eigenvalue weighted by Gasteiger charge is 2.32. The van der Waals surface area contributed by atoms with Crippen LogP contribution in [0, 0.1) is 0 Å². The Bertz CT molecular complexity index is 613. The van der Waals surface area contributed by atoms with Crippen molar-refractivity contribution in [1.29, 1.82) is 0 Å². The zero-order chi connectivity index (χ0) is 14.2. The Labute approximate surface area is 120 Å². The molecule has 2 aromatic rings. The summed E-state index contributed by atoms with van der Waals surface area (Å²) in [4.78, 5) is 0. The lowest BCUT2D eigenvalue weighted by molar-refractivity contribution is 0.139. The number of fused-ring (bicyclic) bond motifs is 3. The Balaban J connectivity index is 1.85. The standard InChI is InChI=1S/C17H23NO2/c1-4-8-18-9-7-13-11-19-16-14(13)6-5-12-10-17(2,3)20-15(12)16/h5-6,11,18H,4,7-10H2,1-3H3. The highest BCUT2D eigenvalue weighted by Crippen LogP contribution is 2.41. The van der Waals surface area contributed by atoms with Crippen molar-refractivity contribution in [2.45, 2.75) is 45.6 Å². The fourth-order valence-corrected chi connectivity index (χ4v) is 2.91. The van der Waals surface area contributed by atoms with Crippen molar-refractivity contribution in [3.63, 3.8) is 0 Å². The van der Waals surface area contributed by atoms with Crippen molar-refractivity contribution in [2.24, 2.45) is 0 Å². The molecule has 108 valence electrons. The molecule has 3 heteroatoms. The van der Waals surface area contributed by atoms with Crippen molar-refractivity contribution >= 4 is 11.0 Å². The van der Waals surface area contributed by atoms with Crippen LogP contribution in [0.5, 0.6) is 5.75 Å². The quantitative estimate of drug-likeness (QED) is 0.844. The second kappa shape index (κ2) is 5.13. The van der Waals surface area contributed by atoms with Crippen LogP contribution in [0.15, 0.2) is 22.8 Å². The van der Waals surface area contributed by atoms with E-state index in [1.54, 1.807) is 0 Å². The molecule has 3 rings (SSSR count). The minimum atomic E-state index is -0.119. The van der Waals surface area contributed by atoms with Gasteiger partial charge in [0.1, 0.15) is 5.60 Å². The molecule has 0 saturated carbocycles. The van der Waals surface area contributed by atoms with Crippen LogP contribution >= 0.6 is 0 Å². The molecule has 1 aromatic heterocycles. The molecule has 0 saturated heterocycles. The van der Waals surface area contributed by atoms with Crippen molar-refractivity contribution in [3.8, 4) is 5.75 Å². The molecule has 20 heavy (non-hydrogen) atoms. The van der Waals surface area contributed by atoms with E-state index in [1.165, 1.54) is 22.9 Å². The summed E-state index contributed by atoms with van der Waals surface area (Å²) in [5.74, 6) is 0.945. The average Bonchev–Trinajstić information content (AvgIpc) is 2.93. The highest BCUT2D eigenvalue weighted by atomic mass is 16.5. The normalized spacial score (nSPS) is 16.4. The van der Waals surface area contributed by atoms with Crippen molar-refractivity contribution in [3.05, 3.63) is 29.5 Å². The van der Waals surface area contributed by atoms with Crippen molar-refractivity contribution < 1.29 is 9.15 Å². The van der Waals surface area contributed by atoms with E-state index < -0.39 is 0 Å². The van der Waals surface area contributed by atoms with Gasteiger partial charge in [0, 0.05) is 17.4 Å². The lowest BCUT2D eigenvalue weighted by atomic mass is 10.0. The minimum absolute atomic E-state index is 0.119. The first kappa shape index (κ1) is 13.5. The number of benzene rings is 1. The Kier molecular flexibility index (Phi) is 3.47. The van der Waals surface area contributed by atoms with Crippen LogP contribution in [0.1, 0.15) is 38.3 Å². The monoisotopic (exact) mass is 273 g/mol. The van der Waals surface area contributed by atoms with Gasteiger partial charge in [-0.25, -0.2) is 0 Å². The van der Waals surface area contributed by atoms with E-state index in [2.05, 4.69) is 38.2 Å². The third-order valence-electron chi connectivity index (χ3n) is 3.85. The molecule has 1 aliphatic heterocycles. The van der Waals surface area contributed by atoms with E-state index >= 15 is 0 Å². The maximum atomic E-state index is 6.05. The number of ether oxygens (including phenoxy) is 1. The summed E-state index contributed by atoms with van der Waals surface area (Å²) in [7, 11) is 0. The summed E-state index contributed by atoms with van der Waals surface area (Å²) in [5, 5.41) is 4.62. The number of hydrogen-bond acceptors (Lipinski definition) is 3. The molecule has 0 aliphatic carbocycles. The van der Waals surface area contributed by atoms with Gasteiger partial charge in [-0.2, -0.15) is 0 Å². The van der Waals surface area contributed by atoms with E-state index in [0.717, 1.165) is 37.3 Å². The first-order valence-corrected chi connectivity index (χ1v) is 7.52. The van der Waals surface area contributed by atoms with Gasteiger partial charge in [0.2, 0.25) is 0 Å². The Morgan fingerprint density at radius 1 is 1.25 bits per heavy atom. The van der Waals surface area contributed by atoms with Crippen LogP contribution in [0.4, 0.5) is 0 Å². The Morgan fingerprint density at radius 2 is 2.10 bits per heavy atom. The molecule has 1 aliphatic rings. The smallest absolute Gasteiger partial charge is 0.176 e. The largest absolute Gasteiger partial charge is 0.483 e.